The molecule has 0 atom stereocenters. The van der Waals surface area contributed by atoms with Crippen molar-refractivity contribution >= 4 is 17.4 Å². The number of amides is 1. The number of carbonyl (C=O) groups excluding carboxylic acids is 1. The van der Waals surface area contributed by atoms with Crippen LogP contribution in [0, 0.1) is 12.3 Å². The summed E-state index contributed by atoms with van der Waals surface area (Å²) in [6.07, 6.45) is 8.25. The Balaban J connectivity index is 1.92. The summed E-state index contributed by atoms with van der Waals surface area (Å²) in [7, 11) is 4.82. The van der Waals surface area contributed by atoms with E-state index in [1.54, 1.807) is 21.3 Å². The molecular weight excluding hydrogens is 554 g/mol. The summed E-state index contributed by atoms with van der Waals surface area (Å²) in [5, 5.41) is 3.52. The molecule has 1 aromatic carbocycles. The van der Waals surface area contributed by atoms with Crippen molar-refractivity contribution in [1.82, 2.24) is 14.4 Å². The van der Waals surface area contributed by atoms with Gasteiger partial charge in [0.05, 0.1) is 21.3 Å². The first-order valence-electron chi connectivity index (χ1n) is 15.5. The quantitative estimate of drug-likeness (QED) is 0.235. The third-order valence-corrected chi connectivity index (χ3v) is 8.16. The van der Waals surface area contributed by atoms with Crippen LogP contribution in [0.3, 0.4) is 0 Å². The third-order valence-electron chi connectivity index (χ3n) is 8.16. The summed E-state index contributed by atoms with van der Waals surface area (Å²) < 4.78 is 18.8. The number of anilines is 1. The third kappa shape index (κ3) is 8.46. The van der Waals surface area contributed by atoms with Crippen molar-refractivity contribution in [1.29, 1.82) is 0 Å². The SMILES string of the molecule is C/C=C(C)\C(=N/C(Nc1cc(OC)c(OC)c(OC)c1)=C(C)CC)n1cc(C)c(CN2CCCN(C(=O)C(C)(C)C)CC2)c1. The molecule has 44 heavy (non-hydrogen) atoms. The molecule has 1 N–H and O–H groups in total. The standard InChI is InChI=1S/C35H53N5O4/c1-12-24(3)32(36-28-19-29(42-9)31(44-11)30(20-28)43-10)37-33(25(4)13-2)40-21-26(5)27(23-40)22-38-15-14-16-39(18-17-38)34(41)35(6,7)8/h13,19-21,23,36H,12,14-18,22H2,1-11H3/b25-13-,32-24?,37-33+. The zero-order valence-corrected chi connectivity index (χ0v) is 28.8. The summed E-state index contributed by atoms with van der Waals surface area (Å²) in [6.45, 7) is 20.7. The molecule has 1 fully saturated rings. The Hall–Kier alpha value is -3.72. The molecule has 0 radical (unpaired) electrons. The van der Waals surface area contributed by atoms with Gasteiger partial charge in [0, 0.05) is 68.4 Å². The Morgan fingerprint density at radius 1 is 1.00 bits per heavy atom. The lowest BCUT2D eigenvalue weighted by Crippen LogP contribution is -2.41. The lowest BCUT2D eigenvalue weighted by molar-refractivity contribution is -0.139. The van der Waals surface area contributed by atoms with E-state index >= 15 is 0 Å². The number of nitrogens with zero attached hydrogens (tertiary/aromatic N) is 4. The molecule has 0 spiro atoms. The molecule has 0 unspecified atom stereocenters. The van der Waals surface area contributed by atoms with Gasteiger partial charge in [-0.15, -0.1) is 0 Å². The van der Waals surface area contributed by atoms with Crippen LogP contribution >= 0.6 is 0 Å². The first-order valence-corrected chi connectivity index (χ1v) is 15.5. The Kier molecular flexibility index (Phi) is 12.1. The summed E-state index contributed by atoms with van der Waals surface area (Å²) in [5.74, 6) is 3.53. The highest BCUT2D eigenvalue weighted by atomic mass is 16.5. The molecule has 0 saturated carbocycles. The average molecular weight is 608 g/mol. The van der Waals surface area contributed by atoms with Crippen molar-refractivity contribution < 1.29 is 19.0 Å². The molecule has 9 heteroatoms. The van der Waals surface area contributed by atoms with Crippen molar-refractivity contribution in [2.45, 2.75) is 74.8 Å². The van der Waals surface area contributed by atoms with Crippen LogP contribution < -0.4 is 19.5 Å². The summed E-state index contributed by atoms with van der Waals surface area (Å²) in [6, 6.07) is 3.77. The van der Waals surface area contributed by atoms with Gasteiger partial charge in [-0.25, -0.2) is 4.99 Å². The number of methoxy groups -OCH3 is 3. The number of benzene rings is 1. The van der Waals surface area contributed by atoms with E-state index in [1.807, 2.05) is 44.7 Å². The fourth-order valence-electron chi connectivity index (χ4n) is 5.21. The van der Waals surface area contributed by atoms with E-state index in [-0.39, 0.29) is 11.3 Å². The number of hydrogen-bond donors (Lipinski definition) is 1. The number of allylic oxidation sites excluding steroid dienone is 3. The van der Waals surface area contributed by atoms with E-state index in [4.69, 9.17) is 19.2 Å². The zero-order valence-electron chi connectivity index (χ0n) is 28.8. The van der Waals surface area contributed by atoms with Gasteiger partial charge in [-0.3, -0.25) is 9.69 Å². The molecule has 1 aliphatic heterocycles. The minimum absolute atomic E-state index is 0.232. The molecule has 2 aromatic rings. The number of rotatable bonds is 10. The molecule has 0 bridgehead atoms. The van der Waals surface area contributed by atoms with Gasteiger partial charge < -0.3 is 29.0 Å². The molecule has 242 valence electrons. The van der Waals surface area contributed by atoms with Crippen LogP contribution in [0.5, 0.6) is 17.2 Å². The Bertz CT molecular complexity index is 1370. The summed E-state index contributed by atoms with van der Waals surface area (Å²) in [5.41, 5.74) is 5.08. The van der Waals surface area contributed by atoms with Crippen LogP contribution in [0.15, 0.2) is 52.6 Å². The van der Waals surface area contributed by atoms with Gasteiger partial charge in [0.25, 0.3) is 0 Å². The fraction of sp³-hybridized carbons (Fsp3) is 0.543. The number of ether oxygens (including phenoxy) is 3. The van der Waals surface area contributed by atoms with Crippen molar-refractivity contribution in [3.63, 3.8) is 0 Å². The van der Waals surface area contributed by atoms with Crippen molar-refractivity contribution in [2.75, 3.05) is 52.8 Å². The van der Waals surface area contributed by atoms with Crippen LogP contribution in [-0.2, 0) is 11.3 Å². The monoisotopic (exact) mass is 607 g/mol. The smallest absolute Gasteiger partial charge is 0.227 e. The van der Waals surface area contributed by atoms with Crippen molar-refractivity contribution in [3.8, 4) is 17.2 Å². The average Bonchev–Trinajstić information content (AvgIpc) is 3.20. The van der Waals surface area contributed by atoms with Gasteiger partial charge >= 0.3 is 0 Å². The van der Waals surface area contributed by atoms with Gasteiger partial charge in [-0.1, -0.05) is 33.8 Å². The second-order valence-electron chi connectivity index (χ2n) is 12.5. The maximum atomic E-state index is 12.9. The number of carbonyl (C=O) groups is 1. The van der Waals surface area contributed by atoms with E-state index in [9.17, 15) is 4.79 Å². The lowest BCUT2D eigenvalue weighted by atomic mass is 9.94. The fourth-order valence-corrected chi connectivity index (χ4v) is 5.21. The zero-order chi connectivity index (χ0) is 32.6. The van der Waals surface area contributed by atoms with E-state index in [2.05, 4.69) is 60.9 Å². The van der Waals surface area contributed by atoms with Gasteiger partial charge in [0.2, 0.25) is 11.7 Å². The van der Waals surface area contributed by atoms with Gasteiger partial charge in [-0.05, 0) is 62.8 Å². The Morgan fingerprint density at radius 3 is 2.20 bits per heavy atom. The maximum Gasteiger partial charge on any atom is 0.227 e. The Morgan fingerprint density at radius 2 is 1.66 bits per heavy atom. The predicted molar refractivity (Wildman–Crippen MR) is 180 cm³/mol. The van der Waals surface area contributed by atoms with E-state index in [1.165, 1.54) is 11.1 Å². The normalized spacial score (nSPS) is 15.9. The number of nitrogens with one attached hydrogen (secondary N) is 1. The van der Waals surface area contributed by atoms with Crippen molar-refractivity contribution in [2.24, 2.45) is 10.4 Å². The highest BCUT2D eigenvalue weighted by molar-refractivity contribution is 6.00. The largest absolute Gasteiger partial charge is 0.493 e. The molecule has 2 heterocycles. The Labute approximate surface area is 264 Å². The van der Waals surface area contributed by atoms with Gasteiger partial charge in [-0.2, -0.15) is 0 Å². The summed E-state index contributed by atoms with van der Waals surface area (Å²) in [4.78, 5) is 22.6. The number of aliphatic imine (C=N–C) groups is 1. The molecule has 1 amide bonds. The second kappa shape index (κ2) is 15.3. The molecule has 1 aromatic heterocycles. The molecular formula is C35H53N5O4. The second-order valence-corrected chi connectivity index (χ2v) is 12.5. The number of aryl methyl sites for hydroxylation is 1. The molecule has 0 aliphatic carbocycles. The van der Waals surface area contributed by atoms with E-state index in [0.717, 1.165) is 74.1 Å². The van der Waals surface area contributed by atoms with E-state index in [0.29, 0.717) is 17.2 Å². The number of aromatic nitrogens is 1. The number of hydrogen-bond acceptors (Lipinski definition) is 7. The van der Waals surface area contributed by atoms with Crippen molar-refractivity contribution in [3.05, 3.63) is 58.7 Å². The minimum atomic E-state index is -0.354. The van der Waals surface area contributed by atoms with E-state index < -0.39 is 0 Å². The van der Waals surface area contributed by atoms with Crippen LogP contribution in [0.2, 0.25) is 0 Å². The first kappa shape index (κ1) is 34.8. The molecule has 9 nitrogen and oxygen atoms in total. The maximum absolute atomic E-state index is 12.9. The predicted octanol–water partition coefficient (Wildman–Crippen LogP) is 6.87. The lowest BCUT2D eigenvalue weighted by Gasteiger charge is -2.28. The summed E-state index contributed by atoms with van der Waals surface area (Å²) >= 11 is 0. The highest BCUT2D eigenvalue weighted by Crippen LogP contribution is 2.40. The van der Waals surface area contributed by atoms with Crippen LogP contribution in [0.1, 0.15) is 72.4 Å². The topological polar surface area (TPSA) is 80.6 Å². The first-order chi connectivity index (χ1) is 20.9. The van der Waals surface area contributed by atoms with Crippen LogP contribution in [0.25, 0.3) is 0 Å². The molecule has 3 rings (SSSR count). The van der Waals surface area contributed by atoms with Crippen LogP contribution in [-0.4, -0.2) is 73.6 Å². The van der Waals surface area contributed by atoms with Gasteiger partial charge in [0.15, 0.2) is 11.5 Å². The highest BCUT2D eigenvalue weighted by Gasteiger charge is 2.28. The van der Waals surface area contributed by atoms with Crippen LogP contribution in [0.4, 0.5) is 5.69 Å². The molecule has 1 saturated heterocycles. The minimum Gasteiger partial charge on any atom is -0.493 e. The molecule has 1 aliphatic rings. The van der Waals surface area contributed by atoms with Gasteiger partial charge in [0.1, 0.15) is 11.7 Å².